The molecular weight excluding hydrogens is 262 g/mol. The first-order valence-electron chi connectivity index (χ1n) is 5.81. The number of rotatable bonds is 3. The van der Waals surface area contributed by atoms with E-state index in [1.165, 1.54) is 6.20 Å². The van der Waals surface area contributed by atoms with Gasteiger partial charge in [0.05, 0.1) is 18.3 Å². The number of nitrogens with two attached hydrogens (primary N) is 1. The Morgan fingerprint density at radius 2 is 2.16 bits per heavy atom. The third kappa shape index (κ3) is 3.69. The molecule has 0 atom stereocenters. The van der Waals surface area contributed by atoms with Gasteiger partial charge in [-0.15, -0.1) is 0 Å². The molecule has 0 aliphatic rings. The van der Waals surface area contributed by atoms with Crippen molar-refractivity contribution in [1.29, 1.82) is 0 Å². The van der Waals surface area contributed by atoms with E-state index in [0.717, 1.165) is 5.56 Å². The van der Waals surface area contributed by atoms with Crippen molar-refractivity contribution in [2.75, 3.05) is 11.1 Å². The second-order valence-corrected chi connectivity index (χ2v) is 4.70. The van der Waals surface area contributed by atoms with Crippen LogP contribution in [-0.4, -0.2) is 10.9 Å². The summed E-state index contributed by atoms with van der Waals surface area (Å²) in [5.41, 5.74) is 8.47. The second kappa shape index (κ2) is 5.71. The lowest BCUT2D eigenvalue weighted by molar-refractivity contribution is -0.115. The first-order valence-corrected chi connectivity index (χ1v) is 6.19. The zero-order valence-corrected chi connectivity index (χ0v) is 11.2. The number of hydrogen-bond donors (Lipinski definition) is 2. The molecule has 0 saturated carbocycles. The van der Waals surface area contributed by atoms with Crippen molar-refractivity contribution < 1.29 is 4.79 Å². The normalized spacial score (nSPS) is 10.2. The van der Waals surface area contributed by atoms with E-state index in [0.29, 0.717) is 22.1 Å². The highest BCUT2D eigenvalue weighted by Crippen LogP contribution is 2.20. The molecule has 1 heterocycles. The molecule has 1 aromatic carbocycles. The number of nitrogens with zero attached hydrogens (tertiary/aromatic N) is 1. The maximum absolute atomic E-state index is 11.9. The van der Waals surface area contributed by atoms with Crippen LogP contribution < -0.4 is 11.1 Å². The Kier molecular flexibility index (Phi) is 4.02. The summed E-state index contributed by atoms with van der Waals surface area (Å²) in [4.78, 5) is 16.0. The Bertz CT molecular complexity index is 596. The van der Waals surface area contributed by atoms with Crippen molar-refractivity contribution in [1.82, 2.24) is 4.98 Å². The quantitative estimate of drug-likeness (QED) is 0.905. The molecule has 0 aliphatic carbocycles. The smallest absolute Gasteiger partial charge is 0.230 e. The van der Waals surface area contributed by atoms with Gasteiger partial charge in [0.25, 0.3) is 0 Å². The van der Waals surface area contributed by atoms with Gasteiger partial charge in [-0.1, -0.05) is 17.7 Å². The first kappa shape index (κ1) is 13.4. The summed E-state index contributed by atoms with van der Waals surface area (Å²) in [7, 11) is 0. The first-order chi connectivity index (χ1) is 9.04. The largest absolute Gasteiger partial charge is 0.397 e. The molecule has 0 unspecified atom stereocenters. The van der Waals surface area contributed by atoms with Gasteiger partial charge in [-0.05, 0) is 36.8 Å². The summed E-state index contributed by atoms with van der Waals surface area (Å²) >= 11 is 5.90. The number of aromatic nitrogens is 1. The van der Waals surface area contributed by atoms with Gasteiger partial charge >= 0.3 is 0 Å². The van der Waals surface area contributed by atoms with Crippen LogP contribution in [0.2, 0.25) is 5.02 Å². The number of carbonyl (C=O) groups is 1. The Morgan fingerprint density at radius 3 is 2.84 bits per heavy atom. The summed E-state index contributed by atoms with van der Waals surface area (Å²) in [6.07, 6.45) is 1.74. The molecule has 2 rings (SSSR count). The minimum absolute atomic E-state index is 0.136. The molecule has 0 bridgehead atoms. The van der Waals surface area contributed by atoms with Crippen LogP contribution >= 0.6 is 11.6 Å². The zero-order chi connectivity index (χ0) is 13.8. The average molecular weight is 276 g/mol. The van der Waals surface area contributed by atoms with Crippen LogP contribution in [0, 0.1) is 6.92 Å². The van der Waals surface area contributed by atoms with E-state index in [-0.39, 0.29) is 12.3 Å². The summed E-state index contributed by atoms with van der Waals surface area (Å²) in [5.74, 6) is -0.136. The Labute approximate surface area is 116 Å². The lowest BCUT2D eigenvalue weighted by Gasteiger charge is -2.08. The molecule has 0 radical (unpaired) electrons. The molecule has 2 aromatic rings. The topological polar surface area (TPSA) is 68.0 Å². The Morgan fingerprint density at radius 1 is 1.37 bits per heavy atom. The van der Waals surface area contributed by atoms with E-state index in [9.17, 15) is 4.79 Å². The predicted molar refractivity (Wildman–Crippen MR) is 77.2 cm³/mol. The number of nitrogens with one attached hydrogen (secondary N) is 1. The van der Waals surface area contributed by atoms with Crippen molar-refractivity contribution in [2.24, 2.45) is 0 Å². The maximum Gasteiger partial charge on any atom is 0.230 e. The monoisotopic (exact) mass is 275 g/mol. The number of carbonyl (C=O) groups excluding carboxylic acids is 1. The molecule has 1 amide bonds. The van der Waals surface area contributed by atoms with Crippen LogP contribution in [0.3, 0.4) is 0 Å². The summed E-state index contributed by atoms with van der Waals surface area (Å²) in [5, 5.41) is 3.41. The molecule has 19 heavy (non-hydrogen) atoms. The highest BCUT2D eigenvalue weighted by Gasteiger charge is 2.07. The summed E-state index contributed by atoms with van der Waals surface area (Å²) in [6, 6.07) is 8.83. The van der Waals surface area contributed by atoms with Crippen molar-refractivity contribution in [3.63, 3.8) is 0 Å². The lowest BCUT2D eigenvalue weighted by Crippen LogP contribution is -2.15. The van der Waals surface area contributed by atoms with Crippen molar-refractivity contribution in [2.45, 2.75) is 13.3 Å². The molecular formula is C14H14ClN3O. The fraction of sp³-hybridized carbons (Fsp3) is 0.143. The van der Waals surface area contributed by atoms with Crippen LogP contribution in [0.5, 0.6) is 0 Å². The number of aryl methyl sites for hydroxylation is 1. The molecule has 3 N–H and O–H groups in total. The maximum atomic E-state index is 11.9. The van der Waals surface area contributed by atoms with Crippen molar-refractivity contribution >= 4 is 28.9 Å². The van der Waals surface area contributed by atoms with E-state index < -0.39 is 0 Å². The molecule has 0 spiro atoms. The van der Waals surface area contributed by atoms with Gasteiger partial charge in [0, 0.05) is 16.4 Å². The van der Waals surface area contributed by atoms with Gasteiger partial charge in [-0.25, -0.2) is 0 Å². The van der Waals surface area contributed by atoms with Gasteiger partial charge in [0.15, 0.2) is 0 Å². The van der Waals surface area contributed by atoms with Gasteiger partial charge in [-0.2, -0.15) is 0 Å². The van der Waals surface area contributed by atoms with Gasteiger partial charge in [0.1, 0.15) is 0 Å². The number of nitrogen functional groups attached to an aromatic ring is 1. The molecule has 0 fully saturated rings. The van der Waals surface area contributed by atoms with Crippen LogP contribution in [0.15, 0.2) is 36.5 Å². The minimum atomic E-state index is -0.136. The number of halogens is 1. The molecule has 1 aromatic heterocycles. The average Bonchev–Trinajstić information content (AvgIpc) is 2.37. The molecule has 0 aliphatic heterocycles. The van der Waals surface area contributed by atoms with Crippen molar-refractivity contribution in [3.05, 3.63) is 52.8 Å². The van der Waals surface area contributed by atoms with E-state index in [1.807, 2.05) is 13.0 Å². The lowest BCUT2D eigenvalue weighted by atomic mass is 10.2. The van der Waals surface area contributed by atoms with Crippen LogP contribution in [0.1, 0.15) is 11.3 Å². The third-order valence-electron chi connectivity index (χ3n) is 2.66. The van der Waals surface area contributed by atoms with Crippen LogP contribution in [-0.2, 0) is 11.2 Å². The van der Waals surface area contributed by atoms with Crippen molar-refractivity contribution in [3.8, 4) is 0 Å². The number of hydrogen-bond acceptors (Lipinski definition) is 3. The van der Waals surface area contributed by atoms with Gasteiger partial charge < -0.3 is 11.1 Å². The molecule has 0 saturated heterocycles. The zero-order valence-electron chi connectivity index (χ0n) is 10.5. The number of benzene rings is 1. The van der Waals surface area contributed by atoms with E-state index >= 15 is 0 Å². The van der Waals surface area contributed by atoms with E-state index in [2.05, 4.69) is 10.3 Å². The van der Waals surface area contributed by atoms with Gasteiger partial charge in [-0.3, -0.25) is 9.78 Å². The standard InChI is InChI=1S/C14H14ClN3O/c1-9-2-3-10(15)6-13(9)18-14(19)7-12-5-4-11(16)8-17-12/h2-6,8H,7,16H2,1H3,(H,18,19). The number of amides is 1. The highest BCUT2D eigenvalue weighted by molar-refractivity contribution is 6.31. The summed E-state index contributed by atoms with van der Waals surface area (Å²) < 4.78 is 0. The predicted octanol–water partition coefficient (Wildman–Crippen LogP) is 2.81. The fourth-order valence-electron chi connectivity index (χ4n) is 1.63. The third-order valence-corrected chi connectivity index (χ3v) is 2.90. The van der Waals surface area contributed by atoms with E-state index in [4.69, 9.17) is 17.3 Å². The van der Waals surface area contributed by atoms with Gasteiger partial charge in [0.2, 0.25) is 5.91 Å². The fourth-order valence-corrected chi connectivity index (χ4v) is 1.80. The SMILES string of the molecule is Cc1ccc(Cl)cc1NC(=O)Cc1ccc(N)cn1. The Hall–Kier alpha value is -2.07. The van der Waals surface area contributed by atoms with Crippen LogP contribution in [0.25, 0.3) is 0 Å². The molecule has 4 nitrogen and oxygen atoms in total. The number of anilines is 2. The van der Waals surface area contributed by atoms with E-state index in [1.54, 1.807) is 24.3 Å². The molecule has 5 heteroatoms. The number of pyridine rings is 1. The minimum Gasteiger partial charge on any atom is -0.397 e. The Balaban J connectivity index is 2.05. The second-order valence-electron chi connectivity index (χ2n) is 4.27. The summed E-state index contributed by atoms with van der Waals surface area (Å²) in [6.45, 7) is 1.91. The highest BCUT2D eigenvalue weighted by atomic mass is 35.5. The van der Waals surface area contributed by atoms with Crippen LogP contribution in [0.4, 0.5) is 11.4 Å². The molecule has 98 valence electrons.